The van der Waals surface area contributed by atoms with E-state index in [2.05, 4.69) is 15.3 Å². The number of esters is 1. The molecule has 3 heterocycles. The number of carbonyl (C=O) groups is 2. The largest absolute Gasteiger partial charge is 0.445 e. The highest BCUT2D eigenvalue weighted by molar-refractivity contribution is 5.97. The Morgan fingerprint density at radius 2 is 2.15 bits per heavy atom. The molecule has 7 nitrogen and oxygen atoms in total. The number of aromatic nitrogens is 3. The van der Waals surface area contributed by atoms with Crippen LogP contribution in [0.15, 0.2) is 61.3 Å². The van der Waals surface area contributed by atoms with Crippen LogP contribution in [0.25, 0.3) is 5.82 Å². The number of ether oxygens (including phenoxy) is 1. The van der Waals surface area contributed by atoms with Crippen LogP contribution in [0.2, 0.25) is 0 Å². The van der Waals surface area contributed by atoms with Crippen LogP contribution in [0.4, 0.5) is 0 Å². The van der Waals surface area contributed by atoms with Crippen molar-refractivity contribution >= 4 is 11.9 Å². The van der Waals surface area contributed by atoms with Gasteiger partial charge in [0, 0.05) is 31.6 Å². The summed E-state index contributed by atoms with van der Waals surface area (Å²) >= 11 is 0. The normalized spacial score (nSPS) is 18.5. The second-order valence-electron chi connectivity index (χ2n) is 6.63. The smallest absolute Gasteiger partial charge is 0.339 e. The monoisotopic (exact) mass is 362 g/mol. The molecule has 4 rings (SSSR count). The van der Waals surface area contributed by atoms with Crippen molar-refractivity contribution in [1.82, 2.24) is 19.9 Å². The minimum Gasteiger partial charge on any atom is -0.445 e. The second-order valence-corrected chi connectivity index (χ2v) is 6.63. The lowest BCUT2D eigenvalue weighted by Gasteiger charge is -2.33. The van der Waals surface area contributed by atoms with Crippen molar-refractivity contribution in [3.05, 3.63) is 78.0 Å². The molecule has 1 aromatic carbocycles. The maximum absolute atomic E-state index is 12.7. The van der Waals surface area contributed by atoms with Gasteiger partial charge in [0.25, 0.3) is 5.91 Å². The van der Waals surface area contributed by atoms with Gasteiger partial charge in [-0.15, -0.1) is 0 Å². The molecule has 0 saturated carbocycles. The van der Waals surface area contributed by atoms with Crippen LogP contribution in [0.5, 0.6) is 0 Å². The predicted molar refractivity (Wildman–Crippen MR) is 97.2 cm³/mol. The minimum atomic E-state index is -1.23. The van der Waals surface area contributed by atoms with E-state index in [9.17, 15) is 9.59 Å². The van der Waals surface area contributed by atoms with Crippen molar-refractivity contribution in [2.75, 3.05) is 0 Å². The van der Waals surface area contributed by atoms with E-state index in [1.54, 1.807) is 48.5 Å². The van der Waals surface area contributed by atoms with E-state index >= 15 is 0 Å². The summed E-state index contributed by atoms with van der Waals surface area (Å²) in [5.74, 6) is -0.0581. The maximum Gasteiger partial charge on any atom is 0.339 e. The second kappa shape index (κ2) is 6.68. The summed E-state index contributed by atoms with van der Waals surface area (Å²) in [4.78, 5) is 33.2. The fourth-order valence-electron chi connectivity index (χ4n) is 3.10. The Labute approximate surface area is 156 Å². The average molecular weight is 362 g/mol. The number of pyridine rings is 1. The third-order valence-electron chi connectivity index (χ3n) is 4.59. The first-order valence-electron chi connectivity index (χ1n) is 8.58. The highest BCUT2D eigenvalue weighted by Crippen LogP contribution is 2.28. The van der Waals surface area contributed by atoms with Crippen molar-refractivity contribution in [3.63, 3.8) is 0 Å². The van der Waals surface area contributed by atoms with E-state index in [0.29, 0.717) is 18.5 Å². The van der Waals surface area contributed by atoms with Gasteiger partial charge in [-0.1, -0.05) is 24.3 Å². The first kappa shape index (κ1) is 17.0. The van der Waals surface area contributed by atoms with E-state index < -0.39 is 11.6 Å². The van der Waals surface area contributed by atoms with Gasteiger partial charge in [-0.2, -0.15) is 0 Å². The number of benzene rings is 1. The molecule has 136 valence electrons. The first-order valence-corrected chi connectivity index (χ1v) is 8.58. The molecule has 0 fully saturated rings. The molecule has 1 amide bonds. The van der Waals surface area contributed by atoms with Crippen LogP contribution >= 0.6 is 0 Å². The number of nitrogens with one attached hydrogen (secondary N) is 1. The molecule has 1 aliphatic rings. The summed E-state index contributed by atoms with van der Waals surface area (Å²) in [5.41, 5.74) is 0.952. The number of amides is 1. The van der Waals surface area contributed by atoms with Gasteiger partial charge >= 0.3 is 5.97 Å². The number of fused-ring (bicyclic) bond motifs is 1. The number of carbonyl (C=O) groups excluding carboxylic acids is 2. The topological polar surface area (TPSA) is 86.1 Å². The SMILES string of the molecule is CC1(C(=O)NCc2ccc(-n3ccnc3)nc2)Cc2ccccc2C(=O)O1. The van der Waals surface area contributed by atoms with Gasteiger partial charge in [0.2, 0.25) is 0 Å². The van der Waals surface area contributed by atoms with Gasteiger partial charge in [-0.25, -0.2) is 14.8 Å². The minimum absolute atomic E-state index is 0.296. The fourth-order valence-corrected chi connectivity index (χ4v) is 3.10. The first-order chi connectivity index (χ1) is 13.0. The van der Waals surface area contributed by atoms with Gasteiger partial charge in [0.15, 0.2) is 5.60 Å². The predicted octanol–water partition coefficient (Wildman–Crippen LogP) is 2.06. The zero-order valence-electron chi connectivity index (χ0n) is 14.8. The Morgan fingerprint density at radius 3 is 2.89 bits per heavy atom. The highest BCUT2D eigenvalue weighted by Gasteiger charge is 2.42. The number of hydrogen-bond donors (Lipinski definition) is 1. The quantitative estimate of drug-likeness (QED) is 0.718. The van der Waals surface area contributed by atoms with Crippen LogP contribution in [0.1, 0.15) is 28.4 Å². The van der Waals surface area contributed by atoms with Crippen molar-refractivity contribution in [1.29, 1.82) is 0 Å². The van der Waals surface area contributed by atoms with Crippen molar-refractivity contribution in [2.45, 2.75) is 25.5 Å². The van der Waals surface area contributed by atoms with E-state index in [0.717, 1.165) is 16.9 Å². The third kappa shape index (κ3) is 3.31. The summed E-state index contributed by atoms with van der Waals surface area (Å²) in [7, 11) is 0. The van der Waals surface area contributed by atoms with Gasteiger partial charge in [0.1, 0.15) is 12.1 Å². The zero-order valence-corrected chi connectivity index (χ0v) is 14.8. The van der Waals surface area contributed by atoms with Gasteiger partial charge in [-0.05, 0) is 30.2 Å². The number of hydrogen-bond acceptors (Lipinski definition) is 5. The van der Waals surface area contributed by atoms with Crippen LogP contribution in [-0.2, 0) is 22.5 Å². The number of cyclic esters (lactones) is 1. The summed E-state index contributed by atoms with van der Waals surface area (Å²) in [6.07, 6.45) is 7.19. The van der Waals surface area contributed by atoms with Crippen LogP contribution < -0.4 is 5.32 Å². The van der Waals surface area contributed by atoms with Crippen molar-refractivity contribution in [3.8, 4) is 5.82 Å². The van der Waals surface area contributed by atoms with Crippen molar-refractivity contribution in [2.24, 2.45) is 0 Å². The lowest BCUT2D eigenvalue weighted by molar-refractivity contribution is -0.139. The molecule has 7 heteroatoms. The molecule has 1 aliphatic heterocycles. The molecule has 0 saturated heterocycles. The molecule has 1 N–H and O–H groups in total. The Bertz CT molecular complexity index is 983. The lowest BCUT2D eigenvalue weighted by Crippen LogP contribution is -2.51. The molecule has 2 aromatic heterocycles. The number of imidazole rings is 1. The highest BCUT2D eigenvalue weighted by atomic mass is 16.6. The van der Waals surface area contributed by atoms with E-state index in [1.807, 2.05) is 24.3 Å². The average Bonchev–Trinajstić information content (AvgIpc) is 3.21. The van der Waals surface area contributed by atoms with Crippen LogP contribution in [-0.4, -0.2) is 32.0 Å². The Kier molecular flexibility index (Phi) is 4.19. The van der Waals surface area contributed by atoms with E-state index in [1.165, 1.54) is 0 Å². The summed E-state index contributed by atoms with van der Waals surface area (Å²) in [6, 6.07) is 10.9. The van der Waals surface area contributed by atoms with E-state index in [4.69, 9.17) is 4.74 Å². The third-order valence-corrected chi connectivity index (χ3v) is 4.59. The molecule has 0 radical (unpaired) electrons. The zero-order chi connectivity index (χ0) is 18.9. The maximum atomic E-state index is 12.7. The number of rotatable bonds is 4. The van der Waals surface area contributed by atoms with Gasteiger partial charge in [-0.3, -0.25) is 9.36 Å². The summed E-state index contributed by atoms with van der Waals surface area (Å²) < 4.78 is 7.24. The lowest BCUT2D eigenvalue weighted by atomic mass is 9.89. The molecule has 27 heavy (non-hydrogen) atoms. The molecule has 3 aromatic rings. The summed E-state index contributed by atoms with van der Waals surface area (Å²) in [5, 5.41) is 2.84. The van der Waals surface area contributed by atoms with E-state index in [-0.39, 0.29) is 5.91 Å². The molecule has 1 unspecified atom stereocenters. The Morgan fingerprint density at radius 1 is 1.30 bits per heavy atom. The van der Waals surface area contributed by atoms with Crippen LogP contribution in [0, 0.1) is 0 Å². The molecular formula is C20H18N4O3. The molecule has 0 bridgehead atoms. The van der Waals surface area contributed by atoms with Gasteiger partial charge < -0.3 is 10.1 Å². The Balaban J connectivity index is 1.43. The molecule has 0 spiro atoms. The van der Waals surface area contributed by atoms with Crippen molar-refractivity contribution < 1.29 is 14.3 Å². The van der Waals surface area contributed by atoms with Crippen LogP contribution in [0.3, 0.4) is 0 Å². The number of nitrogens with zero attached hydrogens (tertiary/aromatic N) is 3. The summed E-state index contributed by atoms with van der Waals surface area (Å²) in [6.45, 7) is 1.93. The molecular weight excluding hydrogens is 344 g/mol. The standard InChI is InChI=1S/C20H18N4O3/c1-20(10-15-4-2-3-5-16(15)18(25)27-20)19(26)23-12-14-6-7-17(22-11-14)24-9-8-21-13-24/h2-9,11,13H,10,12H2,1H3,(H,23,26). The molecule has 1 atom stereocenters. The Hall–Kier alpha value is -3.48. The molecule has 0 aliphatic carbocycles. The van der Waals surface area contributed by atoms with Gasteiger partial charge in [0.05, 0.1) is 5.56 Å². The fraction of sp³-hybridized carbons (Fsp3) is 0.200.